The van der Waals surface area contributed by atoms with Crippen molar-refractivity contribution >= 4 is 28.8 Å². The van der Waals surface area contributed by atoms with Gasteiger partial charge in [0.1, 0.15) is 66.6 Å². The number of benzene rings is 2. The van der Waals surface area contributed by atoms with Gasteiger partial charge in [-0.2, -0.15) is 0 Å². The molecule has 24 nitrogen and oxygen atoms in total. The van der Waals surface area contributed by atoms with Gasteiger partial charge in [0.25, 0.3) is 0 Å². The molecule has 2 aromatic carbocycles. The van der Waals surface area contributed by atoms with Crippen molar-refractivity contribution in [3.8, 4) is 0 Å². The predicted octanol–water partition coefficient (Wildman–Crippen LogP) is 0.00650. The Hall–Kier alpha value is -4.58. The average Bonchev–Trinajstić information content (AvgIpc) is 3.44. The number of fused-ring (bicyclic) bond motifs is 1. The van der Waals surface area contributed by atoms with Crippen LogP contribution in [0.15, 0.2) is 69.9 Å². The van der Waals surface area contributed by atoms with Crippen LogP contribution in [0.4, 0.5) is 0 Å². The molecule has 3 aliphatic heterocycles. The lowest BCUT2D eigenvalue weighted by Gasteiger charge is -2.48. The second-order valence-corrected chi connectivity index (χ2v) is 21.0. The first-order valence-corrected chi connectivity index (χ1v) is 26.7. The first-order valence-electron chi connectivity index (χ1n) is 26.7. The zero-order valence-corrected chi connectivity index (χ0v) is 43.3. The highest BCUT2D eigenvalue weighted by atomic mass is 16.8. The van der Waals surface area contributed by atoms with Gasteiger partial charge in [0.2, 0.25) is 5.91 Å². The first kappa shape index (κ1) is 59.5. The Labute approximate surface area is 449 Å². The molecule has 5 aliphatic rings. The molecule has 8 rings (SSSR count). The molecule has 12 unspecified atom stereocenters. The second kappa shape index (κ2) is 27.3. The van der Waals surface area contributed by atoms with Crippen LogP contribution in [0.2, 0.25) is 0 Å². The van der Waals surface area contributed by atoms with Gasteiger partial charge in [0.15, 0.2) is 31.1 Å². The third-order valence-electron chi connectivity index (χ3n) is 15.4. The number of aliphatic carboxylic acids is 1. The van der Waals surface area contributed by atoms with Gasteiger partial charge in [-0.3, -0.25) is 4.79 Å². The molecule has 2 saturated carbocycles. The van der Waals surface area contributed by atoms with Gasteiger partial charge in [-0.15, -0.1) is 0 Å². The van der Waals surface area contributed by atoms with Crippen LogP contribution in [0.1, 0.15) is 81.1 Å². The van der Waals surface area contributed by atoms with E-state index in [-0.39, 0.29) is 56.1 Å². The standard InChI is InChI=1S/C54H73NO23/c1-26-19-31(48(64)55-17-18-69-52-43(63)45(39(59)36(23-56)75-52)70-25-32-21-30-15-9-10-16-33(30)73-51(32)68)22-34(44(26)78-53-42(62)41(61)38(58)27(2)71-53)74-54-47(77-50(67)29-13-7-4-8-14-29)46(40(60)37(24-57)76-54)72-35(49(65)66)20-28-11-5-3-6-12-28/h4,7-10,13-16,21,26-28,31,34-47,52-54,56-63H,3,5-6,11-12,17-20,22-25H2,1-2H3,(H,55,64)(H,65,66)/t26?,27?,31?,34-,35+,36?,37?,38-,39-,40+,41?,42?,43?,44?,45?,46?,47?,52+,53+,54-/m1/s1. The van der Waals surface area contributed by atoms with Crippen molar-refractivity contribution < 1.29 is 107 Å². The van der Waals surface area contributed by atoms with Crippen LogP contribution < -0.4 is 10.9 Å². The summed E-state index contributed by atoms with van der Waals surface area (Å²) >= 11 is 0. The molecule has 0 spiro atoms. The number of amides is 1. The van der Waals surface area contributed by atoms with Crippen molar-refractivity contribution in [3.05, 3.63) is 82.2 Å². The van der Waals surface area contributed by atoms with Crippen LogP contribution in [0, 0.1) is 17.8 Å². The van der Waals surface area contributed by atoms with Crippen molar-refractivity contribution in [1.82, 2.24) is 5.32 Å². The fourth-order valence-corrected chi connectivity index (χ4v) is 11.1. The van der Waals surface area contributed by atoms with Crippen LogP contribution in [-0.4, -0.2) is 201 Å². The minimum atomic E-state index is -1.76. The molecular weight excluding hydrogens is 1030 g/mol. The number of nitrogens with one attached hydrogen (secondary N) is 1. The maximum atomic E-state index is 14.2. The van der Waals surface area contributed by atoms with E-state index in [9.17, 15) is 65.1 Å². The van der Waals surface area contributed by atoms with Gasteiger partial charge in [0.05, 0.1) is 55.9 Å². The summed E-state index contributed by atoms with van der Waals surface area (Å²) in [7, 11) is 0. The summed E-state index contributed by atoms with van der Waals surface area (Å²) in [5, 5.41) is 101. The fraction of sp³-hybridized carbons (Fsp3) is 0.667. The van der Waals surface area contributed by atoms with Crippen LogP contribution in [0.3, 0.4) is 0 Å². The van der Waals surface area contributed by atoms with Crippen molar-refractivity contribution in [1.29, 1.82) is 0 Å². The highest BCUT2D eigenvalue weighted by Gasteiger charge is 2.54. The Morgan fingerprint density at radius 1 is 0.705 bits per heavy atom. The molecular formula is C54H73NO23. The summed E-state index contributed by atoms with van der Waals surface area (Å²) in [5.74, 6) is -4.29. The van der Waals surface area contributed by atoms with Crippen molar-refractivity contribution in [3.63, 3.8) is 0 Å². The number of aliphatic hydroxyl groups excluding tert-OH is 8. The third kappa shape index (κ3) is 14.1. The number of hydrogen-bond donors (Lipinski definition) is 10. The van der Waals surface area contributed by atoms with Crippen molar-refractivity contribution in [2.75, 3.05) is 26.4 Å². The minimum Gasteiger partial charge on any atom is -0.479 e. The molecule has 2 aliphatic carbocycles. The monoisotopic (exact) mass is 1100 g/mol. The highest BCUT2D eigenvalue weighted by molar-refractivity contribution is 5.89. The molecule has 10 N–H and O–H groups in total. The lowest BCUT2D eigenvalue weighted by molar-refractivity contribution is -0.349. The smallest absolute Gasteiger partial charge is 0.341 e. The van der Waals surface area contributed by atoms with Crippen LogP contribution in [-0.2, 0) is 58.8 Å². The average molecular weight is 1100 g/mol. The lowest BCUT2D eigenvalue weighted by atomic mass is 9.77. The molecule has 20 atom stereocenters. The van der Waals surface area contributed by atoms with E-state index in [0.29, 0.717) is 11.0 Å². The fourth-order valence-electron chi connectivity index (χ4n) is 11.1. The Morgan fingerprint density at radius 2 is 1.38 bits per heavy atom. The van der Waals surface area contributed by atoms with Crippen LogP contribution in [0.5, 0.6) is 0 Å². The summed E-state index contributed by atoms with van der Waals surface area (Å²) in [5.41, 5.74) is -0.149. The molecule has 4 heterocycles. The molecule has 0 bridgehead atoms. The van der Waals surface area contributed by atoms with Gasteiger partial charge in [0, 0.05) is 17.8 Å². The maximum absolute atomic E-state index is 14.2. The number of ether oxygens (including phenoxy) is 9. The van der Waals surface area contributed by atoms with E-state index < -0.39 is 159 Å². The number of carboxylic acids is 1. The first-order chi connectivity index (χ1) is 37.5. The molecule has 3 aromatic rings. The van der Waals surface area contributed by atoms with Gasteiger partial charge in [-0.1, -0.05) is 75.4 Å². The summed E-state index contributed by atoms with van der Waals surface area (Å²) in [6.07, 6.45) is -22.6. The van der Waals surface area contributed by atoms with E-state index in [2.05, 4.69) is 5.32 Å². The number of carbonyl (C=O) groups excluding carboxylic acids is 2. The number of hydrogen-bond acceptors (Lipinski definition) is 22. The van der Waals surface area contributed by atoms with Crippen LogP contribution >= 0.6 is 0 Å². The molecule has 0 radical (unpaired) electrons. The Bertz CT molecular complexity index is 2480. The number of carbonyl (C=O) groups is 3. The molecule has 3 saturated heterocycles. The van der Waals surface area contributed by atoms with Gasteiger partial charge >= 0.3 is 17.6 Å². The quantitative estimate of drug-likeness (QED) is 0.0381. The van der Waals surface area contributed by atoms with E-state index >= 15 is 0 Å². The Morgan fingerprint density at radius 3 is 2.09 bits per heavy atom. The number of esters is 1. The van der Waals surface area contributed by atoms with E-state index in [1.165, 1.54) is 19.1 Å². The number of para-hydroxylation sites is 1. The van der Waals surface area contributed by atoms with Gasteiger partial charge in [-0.25, -0.2) is 14.4 Å². The Kier molecular flexibility index (Phi) is 20.8. The summed E-state index contributed by atoms with van der Waals surface area (Å²) < 4.78 is 60.0. The largest absolute Gasteiger partial charge is 0.479 e. The lowest BCUT2D eigenvalue weighted by Crippen LogP contribution is -2.64. The van der Waals surface area contributed by atoms with E-state index in [1.54, 1.807) is 55.5 Å². The second-order valence-electron chi connectivity index (χ2n) is 21.0. The summed E-state index contributed by atoms with van der Waals surface area (Å²) in [6, 6.07) is 16.2. The normalized spacial score (nSPS) is 36.2. The van der Waals surface area contributed by atoms with E-state index in [0.717, 1.165) is 32.1 Å². The maximum Gasteiger partial charge on any atom is 0.341 e. The van der Waals surface area contributed by atoms with Crippen molar-refractivity contribution in [2.24, 2.45) is 17.8 Å². The SMILES string of the molecule is CC1CC(C(=O)NCCO[C@H]2OC(CO)[C@@H](O)C(OCc3cc4ccccc4oc3=O)C2O)C[C@@H](O[C@@H]2OC(CO)[C@H](O)C(O[C@@H](CC3CCCCC3)C(=O)O)C2OC(=O)c2ccccc2)C1O[C@@H]1OC(C)[C@@H](O)C(O)C1O. The molecule has 1 amide bonds. The zero-order chi connectivity index (χ0) is 55.8. The van der Waals surface area contributed by atoms with Gasteiger partial charge in [-0.05, 0) is 62.3 Å². The van der Waals surface area contributed by atoms with E-state index in [1.807, 2.05) is 0 Å². The number of rotatable bonds is 21. The number of aliphatic hydroxyl groups is 8. The van der Waals surface area contributed by atoms with Gasteiger partial charge < -0.3 is 98.3 Å². The summed E-state index contributed by atoms with van der Waals surface area (Å²) in [4.78, 5) is 53.6. The molecule has 5 fully saturated rings. The third-order valence-corrected chi connectivity index (χ3v) is 15.4. The predicted molar refractivity (Wildman–Crippen MR) is 267 cm³/mol. The summed E-state index contributed by atoms with van der Waals surface area (Å²) in [6.45, 7) is 0.862. The Balaban J connectivity index is 0.992. The molecule has 1 aromatic heterocycles. The molecule has 78 heavy (non-hydrogen) atoms. The molecule has 24 heteroatoms. The van der Waals surface area contributed by atoms with E-state index in [4.69, 9.17) is 47.0 Å². The topological polar surface area (TPSA) is 359 Å². The van der Waals surface area contributed by atoms with Crippen LogP contribution in [0.25, 0.3) is 11.0 Å². The minimum absolute atomic E-state index is 0.00931. The zero-order valence-electron chi connectivity index (χ0n) is 43.3. The molecule has 432 valence electrons. The van der Waals surface area contributed by atoms with Crippen molar-refractivity contribution in [2.45, 2.75) is 182 Å². The number of carboxylic acid groups (broad SMARTS) is 1. The highest BCUT2D eigenvalue weighted by Crippen LogP contribution is 2.40.